The molecule has 2 aliphatic rings. The van der Waals surface area contributed by atoms with Crippen LogP contribution >= 0.6 is 11.6 Å². The van der Waals surface area contributed by atoms with Gasteiger partial charge in [-0.3, -0.25) is 14.4 Å². The number of anilines is 1. The number of fused-ring (bicyclic) bond motifs is 1. The van der Waals surface area contributed by atoms with Crippen LogP contribution in [0.1, 0.15) is 48.0 Å². The predicted molar refractivity (Wildman–Crippen MR) is 161 cm³/mol. The van der Waals surface area contributed by atoms with Gasteiger partial charge in [-0.05, 0) is 55.9 Å². The first-order chi connectivity index (χ1) is 20.6. The third-order valence-electron chi connectivity index (χ3n) is 8.64. The molecule has 0 unspecified atom stereocenters. The Bertz CT molecular complexity index is 1500. The topological polar surface area (TPSA) is 110 Å². The van der Waals surface area contributed by atoms with Crippen molar-refractivity contribution < 1.29 is 33.4 Å². The van der Waals surface area contributed by atoms with Crippen LogP contribution in [0, 0.1) is 17.7 Å². The van der Waals surface area contributed by atoms with E-state index in [1.54, 1.807) is 18.2 Å². The average molecular weight is 614 g/mol. The Balaban J connectivity index is 1.24. The van der Waals surface area contributed by atoms with Gasteiger partial charge in [0.25, 0.3) is 5.91 Å². The standard InChI is InChI=1S/C32H37ClFN3O6/c1-36-16-25(24-5-3-4-6-29(24)36)31(39)35-28-14-27(34)21(12-26(28)33)13-30(38)37-15-19(17-42-2)11-22(37)18-43-23-9-7-20(8-10-23)32(40)41/h3-6,12,14,16,19-20,22-23H,7-11,13,15,17-18H2,1-2H3,(H,35,39)(H,40,41)/t19-,20-,22-,23-/m0/s1. The quantitative estimate of drug-likeness (QED) is 0.322. The molecule has 43 heavy (non-hydrogen) atoms. The number of hydrogen-bond acceptors (Lipinski definition) is 5. The number of para-hydroxylation sites is 1. The van der Waals surface area contributed by atoms with Crippen LogP contribution < -0.4 is 5.32 Å². The monoisotopic (exact) mass is 613 g/mol. The highest BCUT2D eigenvalue weighted by molar-refractivity contribution is 6.34. The molecular formula is C32H37ClFN3O6. The zero-order valence-corrected chi connectivity index (χ0v) is 25.1. The van der Waals surface area contributed by atoms with E-state index in [0.717, 1.165) is 17.0 Å². The summed E-state index contributed by atoms with van der Waals surface area (Å²) >= 11 is 6.47. The molecular weight excluding hydrogens is 577 g/mol. The van der Waals surface area contributed by atoms with Crippen LogP contribution in [-0.4, -0.2) is 71.4 Å². The fraction of sp³-hybridized carbons (Fsp3) is 0.469. The maximum absolute atomic E-state index is 15.3. The highest BCUT2D eigenvalue weighted by Gasteiger charge is 2.36. The molecule has 5 rings (SSSR count). The fourth-order valence-corrected chi connectivity index (χ4v) is 6.59. The number of aryl methyl sites for hydroxylation is 1. The van der Waals surface area contributed by atoms with E-state index < -0.39 is 17.7 Å². The second-order valence-electron chi connectivity index (χ2n) is 11.6. The van der Waals surface area contributed by atoms with Gasteiger partial charge in [0.05, 0.1) is 54.0 Å². The average Bonchev–Trinajstić information content (AvgIpc) is 3.55. The second-order valence-corrected chi connectivity index (χ2v) is 12.0. The van der Waals surface area contributed by atoms with Crippen molar-refractivity contribution in [2.24, 2.45) is 18.9 Å². The van der Waals surface area contributed by atoms with E-state index in [1.165, 1.54) is 6.07 Å². The minimum atomic E-state index is -0.763. The summed E-state index contributed by atoms with van der Waals surface area (Å²) < 4.78 is 28.6. The number of methoxy groups -OCH3 is 1. The number of nitrogens with one attached hydrogen (secondary N) is 1. The van der Waals surface area contributed by atoms with Gasteiger partial charge in [-0.25, -0.2) is 4.39 Å². The number of rotatable bonds is 10. The summed E-state index contributed by atoms with van der Waals surface area (Å²) in [5.41, 5.74) is 1.60. The maximum atomic E-state index is 15.3. The molecule has 2 N–H and O–H groups in total. The lowest BCUT2D eigenvalue weighted by Crippen LogP contribution is -2.40. The lowest BCUT2D eigenvalue weighted by molar-refractivity contribution is -0.144. The number of nitrogens with zero attached hydrogens (tertiary/aromatic N) is 2. The first-order valence-corrected chi connectivity index (χ1v) is 15.0. The molecule has 2 heterocycles. The SMILES string of the molecule is COC[C@H]1C[C@@H](CO[C@H]2CC[C@H](C(=O)O)CC2)N(C(=O)Cc2cc(Cl)c(NC(=O)c3cn(C)c4ccccc34)cc2F)C1. The van der Waals surface area contributed by atoms with E-state index in [9.17, 15) is 19.5 Å². The second kappa shape index (κ2) is 13.4. The van der Waals surface area contributed by atoms with Gasteiger partial charge in [0.2, 0.25) is 5.91 Å². The lowest BCUT2D eigenvalue weighted by Gasteiger charge is -2.30. The molecule has 2 atom stereocenters. The van der Waals surface area contributed by atoms with E-state index >= 15 is 4.39 Å². The number of amides is 2. The first-order valence-electron chi connectivity index (χ1n) is 14.6. The molecule has 2 aromatic carbocycles. The zero-order chi connectivity index (χ0) is 30.7. The van der Waals surface area contributed by atoms with Gasteiger partial charge in [-0.2, -0.15) is 0 Å². The number of likely N-dealkylation sites (tertiary alicyclic amines) is 1. The van der Waals surface area contributed by atoms with E-state index in [-0.39, 0.29) is 52.6 Å². The van der Waals surface area contributed by atoms with Gasteiger partial charge in [0, 0.05) is 43.7 Å². The van der Waals surface area contributed by atoms with Crippen molar-refractivity contribution in [2.45, 2.75) is 50.7 Å². The number of halogens is 2. The van der Waals surface area contributed by atoms with Crippen LogP contribution in [0.3, 0.4) is 0 Å². The van der Waals surface area contributed by atoms with Crippen LogP contribution in [0.25, 0.3) is 10.9 Å². The maximum Gasteiger partial charge on any atom is 0.306 e. The highest BCUT2D eigenvalue weighted by Crippen LogP contribution is 2.31. The van der Waals surface area contributed by atoms with Crippen LogP contribution in [0.2, 0.25) is 5.02 Å². The van der Waals surface area contributed by atoms with Crippen LogP contribution in [-0.2, 0) is 32.5 Å². The number of carbonyl (C=O) groups is 3. The molecule has 0 radical (unpaired) electrons. The predicted octanol–water partition coefficient (Wildman–Crippen LogP) is 5.29. The van der Waals surface area contributed by atoms with Crippen molar-refractivity contribution in [3.63, 3.8) is 0 Å². The molecule has 1 saturated heterocycles. The Labute approximate surface area is 254 Å². The Morgan fingerprint density at radius 2 is 1.86 bits per heavy atom. The molecule has 3 aromatic rings. The Morgan fingerprint density at radius 3 is 2.58 bits per heavy atom. The van der Waals surface area contributed by atoms with Gasteiger partial charge in [0.15, 0.2) is 0 Å². The van der Waals surface area contributed by atoms with Crippen molar-refractivity contribution >= 4 is 46.0 Å². The number of aliphatic carboxylic acids is 1. The van der Waals surface area contributed by atoms with Crippen molar-refractivity contribution in [2.75, 3.05) is 32.2 Å². The first kappa shape index (κ1) is 31.0. The Hall–Kier alpha value is -3.47. The molecule has 11 heteroatoms. The van der Waals surface area contributed by atoms with E-state index in [2.05, 4.69) is 5.32 Å². The minimum absolute atomic E-state index is 0.0399. The fourth-order valence-electron chi connectivity index (χ4n) is 6.35. The van der Waals surface area contributed by atoms with Gasteiger partial charge in [-0.15, -0.1) is 0 Å². The summed E-state index contributed by atoms with van der Waals surface area (Å²) in [5, 5.41) is 12.9. The number of benzene rings is 2. The molecule has 0 bridgehead atoms. The molecule has 9 nitrogen and oxygen atoms in total. The molecule has 1 aromatic heterocycles. The van der Waals surface area contributed by atoms with Crippen molar-refractivity contribution in [3.8, 4) is 0 Å². The summed E-state index contributed by atoms with van der Waals surface area (Å²) in [6.07, 6.45) is 4.69. The van der Waals surface area contributed by atoms with Crippen LogP contribution in [0.5, 0.6) is 0 Å². The Morgan fingerprint density at radius 1 is 1.12 bits per heavy atom. The minimum Gasteiger partial charge on any atom is -0.481 e. The summed E-state index contributed by atoms with van der Waals surface area (Å²) in [6, 6.07) is 9.84. The number of carboxylic acids is 1. The van der Waals surface area contributed by atoms with Crippen molar-refractivity contribution in [3.05, 3.63) is 64.6 Å². The van der Waals surface area contributed by atoms with Crippen molar-refractivity contribution in [1.29, 1.82) is 0 Å². The largest absolute Gasteiger partial charge is 0.481 e. The summed E-state index contributed by atoms with van der Waals surface area (Å²) in [4.78, 5) is 39.5. The third kappa shape index (κ3) is 7.03. The van der Waals surface area contributed by atoms with E-state index in [0.29, 0.717) is 57.4 Å². The van der Waals surface area contributed by atoms with E-state index in [1.807, 2.05) is 35.9 Å². The smallest absolute Gasteiger partial charge is 0.306 e. The van der Waals surface area contributed by atoms with Crippen molar-refractivity contribution in [1.82, 2.24) is 9.47 Å². The molecule has 0 spiro atoms. The number of ether oxygens (including phenoxy) is 2. The molecule has 2 fully saturated rings. The summed E-state index contributed by atoms with van der Waals surface area (Å²) in [6.45, 7) is 1.30. The number of aromatic nitrogens is 1. The molecule has 1 aliphatic heterocycles. The van der Waals surface area contributed by atoms with E-state index in [4.69, 9.17) is 21.1 Å². The molecule has 1 aliphatic carbocycles. The summed E-state index contributed by atoms with van der Waals surface area (Å²) in [7, 11) is 3.47. The van der Waals surface area contributed by atoms with Gasteiger partial charge >= 0.3 is 5.97 Å². The van der Waals surface area contributed by atoms with Gasteiger partial charge in [-0.1, -0.05) is 29.8 Å². The van der Waals surface area contributed by atoms with Gasteiger partial charge in [0.1, 0.15) is 5.82 Å². The normalized spacial score (nSPS) is 22.2. The number of hydrogen-bond donors (Lipinski definition) is 2. The number of carbonyl (C=O) groups excluding carboxylic acids is 2. The van der Waals surface area contributed by atoms with Crippen LogP contribution in [0.15, 0.2) is 42.6 Å². The Kier molecular flexibility index (Phi) is 9.68. The van der Waals surface area contributed by atoms with Gasteiger partial charge < -0.3 is 29.4 Å². The number of carboxylic acid groups (broad SMARTS) is 1. The molecule has 230 valence electrons. The van der Waals surface area contributed by atoms with Crippen LogP contribution in [0.4, 0.5) is 10.1 Å². The molecule has 1 saturated carbocycles. The lowest BCUT2D eigenvalue weighted by atomic mass is 9.87. The highest BCUT2D eigenvalue weighted by atomic mass is 35.5. The zero-order valence-electron chi connectivity index (χ0n) is 24.4. The molecule has 2 amide bonds. The third-order valence-corrected chi connectivity index (χ3v) is 8.95. The summed E-state index contributed by atoms with van der Waals surface area (Å²) in [5.74, 6) is -2.25.